The van der Waals surface area contributed by atoms with Crippen molar-refractivity contribution in [1.29, 1.82) is 0 Å². The summed E-state index contributed by atoms with van der Waals surface area (Å²) in [7, 11) is 0. The van der Waals surface area contributed by atoms with Crippen LogP contribution in [0, 0.1) is 5.82 Å². The summed E-state index contributed by atoms with van der Waals surface area (Å²) in [5.41, 5.74) is 0.241. The Bertz CT molecular complexity index is 457. The van der Waals surface area contributed by atoms with E-state index < -0.39 is 22.9 Å². The molecule has 104 valence electrons. The topological polar surface area (TPSA) is 43.4 Å². The predicted molar refractivity (Wildman–Crippen MR) is 71.0 cm³/mol. The molecule has 0 bridgehead atoms. The molecular formula is C13H13Cl2FO3. The molecular weight excluding hydrogens is 294 g/mol. The molecule has 0 aliphatic carbocycles. The van der Waals surface area contributed by atoms with Crippen LogP contribution >= 0.6 is 23.2 Å². The van der Waals surface area contributed by atoms with Gasteiger partial charge >= 0.3 is 5.97 Å². The highest BCUT2D eigenvalue weighted by Gasteiger charge is 2.25. The maximum atomic E-state index is 13.5. The fourth-order valence-electron chi connectivity index (χ4n) is 1.49. The molecule has 1 rings (SSSR count). The summed E-state index contributed by atoms with van der Waals surface area (Å²) in [6.45, 7) is 1.76. The van der Waals surface area contributed by atoms with Crippen molar-refractivity contribution in [2.24, 2.45) is 0 Å². The van der Waals surface area contributed by atoms with Crippen LogP contribution in [0.15, 0.2) is 18.2 Å². The van der Waals surface area contributed by atoms with Gasteiger partial charge in [-0.3, -0.25) is 4.79 Å². The summed E-state index contributed by atoms with van der Waals surface area (Å²) in [6.07, 6.45) is 0.0145. The number of esters is 1. The highest BCUT2D eigenvalue weighted by atomic mass is 35.5. The Morgan fingerprint density at radius 3 is 2.68 bits per heavy atom. The van der Waals surface area contributed by atoms with Crippen LogP contribution in [-0.4, -0.2) is 23.7 Å². The maximum Gasteiger partial charge on any atom is 0.331 e. The number of carbonyl (C=O) groups excluding carboxylic acids is 2. The van der Waals surface area contributed by atoms with E-state index in [0.29, 0.717) is 0 Å². The van der Waals surface area contributed by atoms with Crippen molar-refractivity contribution >= 4 is 35.0 Å². The molecule has 0 aliphatic heterocycles. The number of ketones is 1. The quantitative estimate of drug-likeness (QED) is 0.461. The lowest BCUT2D eigenvalue weighted by atomic mass is 10.1. The van der Waals surface area contributed by atoms with Crippen molar-refractivity contribution in [2.45, 2.75) is 25.1 Å². The van der Waals surface area contributed by atoms with Gasteiger partial charge in [-0.25, -0.2) is 9.18 Å². The zero-order valence-corrected chi connectivity index (χ0v) is 11.8. The summed E-state index contributed by atoms with van der Waals surface area (Å²) in [4.78, 5) is 22.9. The standard InChI is InChI=1S/C13H13Cl2FO3/c1-2-19-13(18)12(15)11(17)7-6-8-9(14)4-3-5-10(8)16/h3-5,12H,2,6-7H2,1H3. The molecule has 0 radical (unpaired) electrons. The van der Waals surface area contributed by atoms with E-state index in [1.54, 1.807) is 6.92 Å². The number of benzene rings is 1. The van der Waals surface area contributed by atoms with Crippen molar-refractivity contribution in [1.82, 2.24) is 0 Å². The normalized spacial score (nSPS) is 12.0. The third kappa shape index (κ3) is 4.48. The number of Topliss-reactive ketones (excluding diaryl/α,β-unsaturated/α-hetero) is 1. The van der Waals surface area contributed by atoms with Gasteiger partial charge in [-0.1, -0.05) is 17.7 Å². The van der Waals surface area contributed by atoms with Gasteiger partial charge < -0.3 is 4.74 Å². The fourth-order valence-corrected chi connectivity index (χ4v) is 1.92. The van der Waals surface area contributed by atoms with E-state index in [0.717, 1.165) is 0 Å². The average Bonchev–Trinajstić information content (AvgIpc) is 2.37. The molecule has 6 heteroatoms. The zero-order valence-electron chi connectivity index (χ0n) is 10.3. The Hall–Kier alpha value is -1.13. The summed E-state index contributed by atoms with van der Waals surface area (Å²) in [5.74, 6) is -1.78. The molecule has 0 N–H and O–H groups in total. The second kappa shape index (κ2) is 7.46. The number of rotatable bonds is 6. The van der Waals surface area contributed by atoms with Gasteiger partial charge in [0.05, 0.1) is 6.61 Å². The Morgan fingerprint density at radius 2 is 2.11 bits per heavy atom. The third-order valence-corrected chi connectivity index (χ3v) is 3.23. The van der Waals surface area contributed by atoms with Crippen LogP contribution in [0.25, 0.3) is 0 Å². The minimum Gasteiger partial charge on any atom is -0.465 e. The molecule has 1 atom stereocenters. The molecule has 0 saturated carbocycles. The second-order valence-corrected chi connectivity index (χ2v) is 4.62. The molecule has 0 aliphatic rings. The summed E-state index contributed by atoms with van der Waals surface area (Å²) in [6, 6.07) is 4.27. The van der Waals surface area contributed by atoms with Crippen LogP contribution in [0.5, 0.6) is 0 Å². The number of hydrogen-bond acceptors (Lipinski definition) is 3. The first kappa shape index (κ1) is 15.9. The number of ether oxygens (including phenoxy) is 1. The second-order valence-electron chi connectivity index (χ2n) is 3.78. The zero-order chi connectivity index (χ0) is 14.4. The minimum atomic E-state index is -1.36. The molecule has 1 aromatic rings. The van der Waals surface area contributed by atoms with E-state index in [1.807, 2.05) is 0 Å². The lowest BCUT2D eigenvalue weighted by molar-refractivity contribution is -0.145. The van der Waals surface area contributed by atoms with Crippen molar-refractivity contribution < 1.29 is 18.7 Å². The highest BCUT2D eigenvalue weighted by molar-refractivity contribution is 6.41. The number of halogens is 3. The van der Waals surface area contributed by atoms with Crippen LogP contribution in [0.4, 0.5) is 4.39 Å². The number of carbonyl (C=O) groups is 2. The van der Waals surface area contributed by atoms with E-state index in [4.69, 9.17) is 23.2 Å². The van der Waals surface area contributed by atoms with Crippen LogP contribution < -0.4 is 0 Å². The highest BCUT2D eigenvalue weighted by Crippen LogP contribution is 2.21. The Morgan fingerprint density at radius 1 is 1.42 bits per heavy atom. The van der Waals surface area contributed by atoms with Crippen LogP contribution in [-0.2, 0) is 20.7 Å². The van der Waals surface area contributed by atoms with Gasteiger partial charge in [0.1, 0.15) is 5.82 Å². The lowest BCUT2D eigenvalue weighted by Crippen LogP contribution is -2.27. The van der Waals surface area contributed by atoms with Crippen molar-refractivity contribution in [2.75, 3.05) is 6.61 Å². The minimum absolute atomic E-state index is 0.0758. The molecule has 1 aromatic carbocycles. The van der Waals surface area contributed by atoms with Gasteiger partial charge in [0.15, 0.2) is 11.2 Å². The van der Waals surface area contributed by atoms with Crippen LogP contribution in [0.1, 0.15) is 18.9 Å². The van der Waals surface area contributed by atoms with Crippen LogP contribution in [0.3, 0.4) is 0 Å². The van der Waals surface area contributed by atoms with Gasteiger partial charge in [-0.05, 0) is 25.5 Å². The van der Waals surface area contributed by atoms with E-state index in [2.05, 4.69) is 4.74 Å². The third-order valence-electron chi connectivity index (χ3n) is 2.46. The number of alkyl halides is 1. The van der Waals surface area contributed by atoms with Gasteiger partial charge in [-0.2, -0.15) is 0 Å². The van der Waals surface area contributed by atoms with E-state index in [-0.39, 0.29) is 30.0 Å². The first-order valence-corrected chi connectivity index (χ1v) is 6.55. The maximum absolute atomic E-state index is 13.5. The molecule has 1 unspecified atom stereocenters. The molecule has 0 fully saturated rings. The van der Waals surface area contributed by atoms with E-state index in [1.165, 1.54) is 18.2 Å². The summed E-state index contributed by atoms with van der Waals surface area (Å²) < 4.78 is 18.1. The van der Waals surface area contributed by atoms with Crippen molar-refractivity contribution in [3.8, 4) is 0 Å². The number of hydrogen-bond donors (Lipinski definition) is 0. The first-order chi connectivity index (χ1) is 8.97. The average molecular weight is 307 g/mol. The molecule has 0 saturated heterocycles. The van der Waals surface area contributed by atoms with Gasteiger partial charge in [-0.15, -0.1) is 11.6 Å². The molecule has 0 heterocycles. The molecule has 0 aromatic heterocycles. The Labute approximate surface area is 120 Å². The molecule has 19 heavy (non-hydrogen) atoms. The monoisotopic (exact) mass is 306 g/mol. The molecule has 0 spiro atoms. The molecule has 3 nitrogen and oxygen atoms in total. The predicted octanol–water partition coefficient (Wildman–Crippen LogP) is 3.15. The molecule has 0 amide bonds. The van der Waals surface area contributed by atoms with E-state index in [9.17, 15) is 14.0 Å². The lowest BCUT2D eigenvalue weighted by Gasteiger charge is -2.09. The van der Waals surface area contributed by atoms with Crippen molar-refractivity contribution in [3.63, 3.8) is 0 Å². The van der Waals surface area contributed by atoms with Gasteiger partial charge in [0.25, 0.3) is 0 Å². The van der Waals surface area contributed by atoms with Gasteiger partial charge in [0.2, 0.25) is 0 Å². The van der Waals surface area contributed by atoms with Gasteiger partial charge in [0, 0.05) is 17.0 Å². The first-order valence-electron chi connectivity index (χ1n) is 5.73. The van der Waals surface area contributed by atoms with Crippen molar-refractivity contribution in [3.05, 3.63) is 34.6 Å². The Balaban J connectivity index is 2.62. The fraction of sp³-hybridized carbons (Fsp3) is 0.385. The summed E-state index contributed by atoms with van der Waals surface area (Å²) in [5, 5.41) is -1.11. The van der Waals surface area contributed by atoms with Crippen LogP contribution in [0.2, 0.25) is 5.02 Å². The smallest absolute Gasteiger partial charge is 0.331 e. The largest absolute Gasteiger partial charge is 0.465 e. The SMILES string of the molecule is CCOC(=O)C(Cl)C(=O)CCc1c(F)cccc1Cl. The van der Waals surface area contributed by atoms with E-state index >= 15 is 0 Å². The summed E-state index contributed by atoms with van der Waals surface area (Å²) >= 11 is 11.5. The Kier molecular flexibility index (Phi) is 6.25.